The highest BCUT2D eigenvalue weighted by Crippen LogP contribution is 2.15. The van der Waals surface area contributed by atoms with E-state index in [2.05, 4.69) is 4.98 Å². The van der Waals surface area contributed by atoms with Gasteiger partial charge in [0.15, 0.2) is 0 Å². The number of anilines is 1. The van der Waals surface area contributed by atoms with Gasteiger partial charge in [0.05, 0.1) is 0 Å². The van der Waals surface area contributed by atoms with E-state index in [9.17, 15) is 4.79 Å². The van der Waals surface area contributed by atoms with Crippen molar-refractivity contribution in [3.05, 3.63) is 28.2 Å². The van der Waals surface area contributed by atoms with Crippen LogP contribution in [0.4, 0.5) is 5.69 Å². The van der Waals surface area contributed by atoms with Gasteiger partial charge in [-0.1, -0.05) is 13.8 Å². The molecule has 0 saturated carbocycles. The van der Waals surface area contributed by atoms with Crippen LogP contribution in [0.5, 0.6) is 0 Å². The average Bonchev–Trinajstić information content (AvgIpc) is 2.08. The molecule has 0 amide bonds. The number of pyridine rings is 1. The quantitative estimate of drug-likeness (QED) is 0.699. The first-order valence-corrected chi connectivity index (χ1v) is 4.13. The lowest BCUT2D eigenvalue weighted by molar-refractivity contribution is 0.722. The molecule has 0 radical (unpaired) electrons. The van der Waals surface area contributed by atoms with Gasteiger partial charge in [0, 0.05) is 17.4 Å². The van der Waals surface area contributed by atoms with Gasteiger partial charge in [-0.05, 0) is 18.4 Å². The summed E-state index contributed by atoms with van der Waals surface area (Å²) in [6.07, 6.45) is 2.47. The van der Waals surface area contributed by atoms with Crippen LogP contribution in [0.1, 0.15) is 31.7 Å². The van der Waals surface area contributed by atoms with Crippen molar-refractivity contribution < 1.29 is 0 Å². The van der Waals surface area contributed by atoms with Crippen molar-refractivity contribution in [3.8, 4) is 0 Å². The lowest BCUT2D eigenvalue weighted by Gasteiger charge is -2.07. The number of nitrogen functional groups attached to an aromatic ring is 1. The van der Waals surface area contributed by atoms with E-state index in [0.29, 0.717) is 5.69 Å². The molecule has 0 spiro atoms. The second kappa shape index (κ2) is 3.43. The number of H-pyrrole nitrogens is 1. The summed E-state index contributed by atoms with van der Waals surface area (Å²) in [5.41, 5.74) is 6.91. The third kappa shape index (κ3) is 1.67. The lowest BCUT2D eigenvalue weighted by Crippen LogP contribution is -2.14. The Morgan fingerprint density at radius 1 is 1.67 bits per heavy atom. The molecule has 1 atom stereocenters. The fraction of sp³-hybridized carbons (Fsp3) is 0.444. The number of aromatic nitrogens is 1. The zero-order chi connectivity index (χ0) is 9.14. The Morgan fingerprint density at radius 2 is 2.33 bits per heavy atom. The Labute approximate surface area is 71.6 Å². The summed E-state index contributed by atoms with van der Waals surface area (Å²) in [4.78, 5) is 13.9. The Bertz CT molecular complexity index is 317. The van der Waals surface area contributed by atoms with Crippen LogP contribution < -0.4 is 11.3 Å². The van der Waals surface area contributed by atoms with E-state index in [0.717, 1.165) is 12.0 Å². The Balaban J connectivity index is 3.13. The SMILES string of the molecule is CCC(C)c1cc(N)c[nH]c1=O. The molecular formula is C9H14N2O. The molecule has 0 bridgehead atoms. The van der Waals surface area contributed by atoms with Crippen molar-refractivity contribution in [3.63, 3.8) is 0 Å². The summed E-state index contributed by atoms with van der Waals surface area (Å²) in [5.74, 6) is 0.275. The van der Waals surface area contributed by atoms with Crippen molar-refractivity contribution in [2.45, 2.75) is 26.2 Å². The van der Waals surface area contributed by atoms with Crippen molar-refractivity contribution in [2.24, 2.45) is 0 Å². The van der Waals surface area contributed by atoms with E-state index in [1.165, 1.54) is 6.20 Å². The molecule has 1 aromatic rings. The summed E-state index contributed by atoms with van der Waals surface area (Å²) in [6, 6.07) is 1.74. The third-order valence-electron chi connectivity index (χ3n) is 2.10. The molecule has 1 heterocycles. The normalized spacial score (nSPS) is 12.8. The Hall–Kier alpha value is -1.25. The van der Waals surface area contributed by atoms with Crippen LogP contribution in [0.3, 0.4) is 0 Å². The first-order chi connectivity index (χ1) is 5.65. The van der Waals surface area contributed by atoms with Crippen LogP contribution in [0, 0.1) is 0 Å². The van der Waals surface area contributed by atoms with Gasteiger partial charge in [-0.15, -0.1) is 0 Å². The number of hydrogen-bond acceptors (Lipinski definition) is 2. The fourth-order valence-corrected chi connectivity index (χ4v) is 1.10. The predicted octanol–water partition coefficient (Wildman–Crippen LogP) is 1.47. The molecule has 0 fully saturated rings. The molecule has 3 N–H and O–H groups in total. The maximum atomic E-state index is 11.3. The fourth-order valence-electron chi connectivity index (χ4n) is 1.10. The van der Waals surface area contributed by atoms with Crippen molar-refractivity contribution >= 4 is 5.69 Å². The number of hydrogen-bond donors (Lipinski definition) is 2. The molecular weight excluding hydrogens is 152 g/mol. The van der Waals surface area contributed by atoms with Gasteiger partial charge in [-0.3, -0.25) is 4.79 Å². The summed E-state index contributed by atoms with van der Waals surface area (Å²) in [7, 11) is 0. The van der Waals surface area contributed by atoms with Gasteiger partial charge in [-0.25, -0.2) is 0 Å². The lowest BCUT2D eigenvalue weighted by atomic mass is 10.0. The molecule has 0 saturated heterocycles. The van der Waals surface area contributed by atoms with Gasteiger partial charge in [0.2, 0.25) is 0 Å². The molecule has 3 heteroatoms. The maximum absolute atomic E-state index is 11.3. The van der Waals surface area contributed by atoms with Crippen LogP contribution >= 0.6 is 0 Å². The molecule has 0 aliphatic heterocycles. The predicted molar refractivity (Wildman–Crippen MR) is 50.2 cm³/mol. The van der Waals surface area contributed by atoms with Crippen LogP contribution in [0.2, 0.25) is 0 Å². The monoisotopic (exact) mass is 166 g/mol. The van der Waals surface area contributed by atoms with Gasteiger partial charge >= 0.3 is 0 Å². The number of aromatic amines is 1. The van der Waals surface area contributed by atoms with Crippen molar-refractivity contribution in [1.29, 1.82) is 0 Å². The van der Waals surface area contributed by atoms with Gasteiger partial charge in [0.1, 0.15) is 0 Å². The van der Waals surface area contributed by atoms with Crippen LogP contribution in [-0.2, 0) is 0 Å². The molecule has 12 heavy (non-hydrogen) atoms. The zero-order valence-corrected chi connectivity index (χ0v) is 7.42. The second-order valence-electron chi connectivity index (χ2n) is 3.03. The second-order valence-corrected chi connectivity index (χ2v) is 3.03. The number of nitrogens with one attached hydrogen (secondary N) is 1. The molecule has 3 nitrogen and oxygen atoms in total. The molecule has 66 valence electrons. The van der Waals surface area contributed by atoms with Gasteiger partial charge in [-0.2, -0.15) is 0 Å². The first-order valence-electron chi connectivity index (χ1n) is 4.13. The van der Waals surface area contributed by atoms with E-state index >= 15 is 0 Å². The van der Waals surface area contributed by atoms with E-state index in [1.54, 1.807) is 6.07 Å². The summed E-state index contributed by atoms with van der Waals surface area (Å²) < 4.78 is 0. The van der Waals surface area contributed by atoms with E-state index in [4.69, 9.17) is 5.73 Å². The smallest absolute Gasteiger partial charge is 0.251 e. The highest BCUT2D eigenvalue weighted by molar-refractivity contribution is 5.38. The zero-order valence-electron chi connectivity index (χ0n) is 7.42. The third-order valence-corrected chi connectivity index (χ3v) is 2.10. The highest BCUT2D eigenvalue weighted by Gasteiger charge is 2.07. The van der Waals surface area contributed by atoms with E-state index < -0.39 is 0 Å². The van der Waals surface area contributed by atoms with Crippen molar-refractivity contribution in [1.82, 2.24) is 4.98 Å². The Kier molecular flexibility index (Phi) is 2.53. The molecule has 0 aliphatic carbocycles. The Morgan fingerprint density at radius 3 is 2.92 bits per heavy atom. The first kappa shape index (κ1) is 8.84. The summed E-state index contributed by atoms with van der Waals surface area (Å²) in [5, 5.41) is 0. The number of rotatable bonds is 2. The van der Waals surface area contributed by atoms with Crippen molar-refractivity contribution in [2.75, 3.05) is 5.73 Å². The van der Waals surface area contributed by atoms with Crippen LogP contribution in [-0.4, -0.2) is 4.98 Å². The topological polar surface area (TPSA) is 58.9 Å². The molecule has 0 aliphatic rings. The van der Waals surface area contributed by atoms with E-state index in [-0.39, 0.29) is 11.5 Å². The molecule has 0 aromatic carbocycles. The molecule has 1 rings (SSSR count). The standard InChI is InChI=1S/C9H14N2O/c1-3-6(2)8-4-7(10)5-11-9(8)12/h4-6H,3,10H2,1-2H3,(H,11,12). The van der Waals surface area contributed by atoms with Gasteiger partial charge < -0.3 is 10.7 Å². The average molecular weight is 166 g/mol. The van der Waals surface area contributed by atoms with Gasteiger partial charge in [0.25, 0.3) is 5.56 Å². The minimum Gasteiger partial charge on any atom is -0.398 e. The molecule has 1 aromatic heterocycles. The highest BCUT2D eigenvalue weighted by atomic mass is 16.1. The summed E-state index contributed by atoms with van der Waals surface area (Å²) in [6.45, 7) is 4.07. The summed E-state index contributed by atoms with van der Waals surface area (Å²) >= 11 is 0. The largest absolute Gasteiger partial charge is 0.398 e. The minimum atomic E-state index is -0.0291. The minimum absolute atomic E-state index is 0.0291. The number of nitrogens with two attached hydrogens (primary N) is 1. The van der Waals surface area contributed by atoms with Crippen LogP contribution in [0.25, 0.3) is 0 Å². The molecule has 1 unspecified atom stereocenters. The van der Waals surface area contributed by atoms with E-state index in [1.807, 2.05) is 13.8 Å². The van der Waals surface area contributed by atoms with Crippen LogP contribution in [0.15, 0.2) is 17.1 Å². The maximum Gasteiger partial charge on any atom is 0.251 e.